The highest BCUT2D eigenvalue weighted by Gasteiger charge is 2.02. The summed E-state index contributed by atoms with van der Waals surface area (Å²) in [4.78, 5) is 0. The summed E-state index contributed by atoms with van der Waals surface area (Å²) in [7, 11) is 2.02. The van der Waals surface area contributed by atoms with Gasteiger partial charge in [0.15, 0.2) is 0 Å². The molecule has 1 rings (SSSR count). The van der Waals surface area contributed by atoms with E-state index in [1.54, 1.807) is 0 Å². The van der Waals surface area contributed by atoms with Crippen molar-refractivity contribution in [2.75, 3.05) is 7.05 Å². The Hall–Kier alpha value is -0.820. The van der Waals surface area contributed by atoms with Gasteiger partial charge < -0.3 is 5.32 Å². The fraction of sp³-hybridized carbons (Fsp3) is 0.538. The Balaban J connectivity index is 2.62. The Bertz CT molecular complexity index is 291. The van der Waals surface area contributed by atoms with Gasteiger partial charge in [0.2, 0.25) is 0 Å². The van der Waals surface area contributed by atoms with Gasteiger partial charge in [-0.05, 0) is 51.8 Å². The van der Waals surface area contributed by atoms with Crippen molar-refractivity contribution in [1.82, 2.24) is 5.32 Å². The number of nitrogens with one attached hydrogen (secondary N) is 1. The minimum Gasteiger partial charge on any atom is -0.317 e. The molecule has 1 aromatic carbocycles. The summed E-state index contributed by atoms with van der Waals surface area (Å²) >= 11 is 0. The molecule has 0 saturated heterocycles. The lowest BCUT2D eigenvalue weighted by Gasteiger charge is -2.11. The van der Waals surface area contributed by atoms with Crippen LogP contribution in [-0.4, -0.2) is 13.1 Å². The van der Waals surface area contributed by atoms with Crippen molar-refractivity contribution >= 4 is 0 Å². The number of hydrogen-bond donors (Lipinski definition) is 1. The molecule has 14 heavy (non-hydrogen) atoms. The predicted octanol–water partition coefficient (Wildman–Crippen LogP) is 2.84. The van der Waals surface area contributed by atoms with E-state index in [0.717, 1.165) is 0 Å². The summed E-state index contributed by atoms with van der Waals surface area (Å²) in [6, 6.07) is 7.31. The van der Waals surface area contributed by atoms with Crippen LogP contribution in [0, 0.1) is 13.8 Å². The van der Waals surface area contributed by atoms with Crippen molar-refractivity contribution in [2.45, 2.75) is 39.7 Å². The molecule has 78 valence electrons. The molecule has 0 aliphatic rings. The summed E-state index contributed by atoms with van der Waals surface area (Å²) in [5.74, 6) is 0. The second kappa shape index (κ2) is 5.16. The van der Waals surface area contributed by atoms with Crippen LogP contribution in [-0.2, 0) is 6.42 Å². The fourth-order valence-corrected chi connectivity index (χ4v) is 1.59. The summed E-state index contributed by atoms with van der Waals surface area (Å²) < 4.78 is 0. The summed E-state index contributed by atoms with van der Waals surface area (Å²) in [5, 5.41) is 3.27. The maximum atomic E-state index is 3.27. The molecule has 0 spiro atoms. The molecule has 1 heteroatoms. The van der Waals surface area contributed by atoms with Gasteiger partial charge in [-0.2, -0.15) is 0 Å². The van der Waals surface area contributed by atoms with E-state index in [9.17, 15) is 0 Å². The van der Waals surface area contributed by atoms with E-state index >= 15 is 0 Å². The molecular formula is C13H21N. The third kappa shape index (κ3) is 3.15. The van der Waals surface area contributed by atoms with Gasteiger partial charge >= 0.3 is 0 Å². The first-order valence-corrected chi connectivity index (χ1v) is 5.37. The zero-order chi connectivity index (χ0) is 10.6. The average Bonchev–Trinajstić information content (AvgIpc) is 2.19. The van der Waals surface area contributed by atoms with Crippen molar-refractivity contribution in [2.24, 2.45) is 0 Å². The van der Waals surface area contributed by atoms with Gasteiger partial charge in [-0.25, -0.2) is 0 Å². The Labute approximate surface area is 87.5 Å². The second-order valence-corrected chi connectivity index (χ2v) is 4.16. The molecule has 1 nitrogen and oxygen atoms in total. The zero-order valence-corrected chi connectivity index (χ0v) is 9.72. The van der Waals surface area contributed by atoms with Crippen LogP contribution in [0.15, 0.2) is 18.2 Å². The number of aryl methyl sites for hydroxylation is 3. The normalized spacial score (nSPS) is 12.9. The van der Waals surface area contributed by atoms with Gasteiger partial charge in [0.05, 0.1) is 0 Å². The highest BCUT2D eigenvalue weighted by Crippen LogP contribution is 2.13. The minimum atomic E-state index is 0.606. The van der Waals surface area contributed by atoms with Crippen molar-refractivity contribution in [3.05, 3.63) is 34.9 Å². The highest BCUT2D eigenvalue weighted by atomic mass is 14.8. The first-order chi connectivity index (χ1) is 6.63. The fourth-order valence-electron chi connectivity index (χ4n) is 1.59. The largest absolute Gasteiger partial charge is 0.317 e. The lowest BCUT2D eigenvalue weighted by molar-refractivity contribution is 0.564. The van der Waals surface area contributed by atoms with Gasteiger partial charge in [-0.15, -0.1) is 0 Å². The van der Waals surface area contributed by atoms with Crippen LogP contribution in [0.2, 0.25) is 0 Å². The van der Waals surface area contributed by atoms with Crippen LogP contribution in [0.1, 0.15) is 30.0 Å². The third-order valence-corrected chi connectivity index (χ3v) is 2.84. The quantitative estimate of drug-likeness (QED) is 0.771. The Morgan fingerprint density at radius 3 is 2.64 bits per heavy atom. The van der Waals surface area contributed by atoms with Crippen molar-refractivity contribution < 1.29 is 0 Å². The Morgan fingerprint density at radius 2 is 2.00 bits per heavy atom. The van der Waals surface area contributed by atoms with Gasteiger partial charge in [0, 0.05) is 6.04 Å². The Kier molecular flexibility index (Phi) is 4.15. The van der Waals surface area contributed by atoms with Crippen LogP contribution >= 0.6 is 0 Å². The molecule has 1 atom stereocenters. The van der Waals surface area contributed by atoms with Crippen LogP contribution in [0.25, 0.3) is 0 Å². The number of rotatable bonds is 4. The number of hydrogen-bond acceptors (Lipinski definition) is 1. The van der Waals surface area contributed by atoms with Gasteiger partial charge in [0.25, 0.3) is 0 Å². The van der Waals surface area contributed by atoms with E-state index in [1.807, 2.05) is 7.05 Å². The first-order valence-electron chi connectivity index (χ1n) is 5.37. The molecule has 1 unspecified atom stereocenters. The smallest absolute Gasteiger partial charge is 0.00388 e. The Morgan fingerprint density at radius 1 is 1.29 bits per heavy atom. The molecule has 0 amide bonds. The van der Waals surface area contributed by atoms with Crippen molar-refractivity contribution in [3.8, 4) is 0 Å². The van der Waals surface area contributed by atoms with E-state index in [4.69, 9.17) is 0 Å². The van der Waals surface area contributed by atoms with E-state index in [2.05, 4.69) is 44.3 Å². The third-order valence-electron chi connectivity index (χ3n) is 2.84. The molecule has 0 aliphatic heterocycles. The molecule has 1 aromatic rings. The predicted molar refractivity (Wildman–Crippen MR) is 62.8 cm³/mol. The molecule has 0 bridgehead atoms. The molecule has 0 aromatic heterocycles. The second-order valence-electron chi connectivity index (χ2n) is 4.16. The van der Waals surface area contributed by atoms with E-state index in [0.29, 0.717) is 6.04 Å². The zero-order valence-electron chi connectivity index (χ0n) is 9.72. The molecule has 0 heterocycles. The van der Waals surface area contributed by atoms with Crippen LogP contribution < -0.4 is 5.32 Å². The van der Waals surface area contributed by atoms with Crippen LogP contribution in [0.5, 0.6) is 0 Å². The van der Waals surface area contributed by atoms with Crippen LogP contribution in [0.4, 0.5) is 0 Å². The summed E-state index contributed by atoms with van der Waals surface area (Å²) in [5.41, 5.74) is 4.27. The van der Waals surface area contributed by atoms with Crippen molar-refractivity contribution in [1.29, 1.82) is 0 Å². The average molecular weight is 191 g/mol. The van der Waals surface area contributed by atoms with Crippen LogP contribution in [0.3, 0.4) is 0 Å². The molecule has 0 fully saturated rings. The monoisotopic (exact) mass is 191 g/mol. The van der Waals surface area contributed by atoms with E-state index in [-0.39, 0.29) is 0 Å². The van der Waals surface area contributed by atoms with E-state index < -0.39 is 0 Å². The minimum absolute atomic E-state index is 0.606. The molecule has 1 N–H and O–H groups in total. The number of benzene rings is 1. The molecule has 0 radical (unpaired) electrons. The van der Waals surface area contributed by atoms with Gasteiger partial charge in [-0.3, -0.25) is 0 Å². The van der Waals surface area contributed by atoms with Gasteiger partial charge in [-0.1, -0.05) is 23.8 Å². The summed E-state index contributed by atoms with van der Waals surface area (Å²) in [6.07, 6.45) is 2.39. The van der Waals surface area contributed by atoms with Gasteiger partial charge in [0.1, 0.15) is 0 Å². The molecular weight excluding hydrogens is 170 g/mol. The lowest BCUT2D eigenvalue weighted by atomic mass is 9.99. The lowest BCUT2D eigenvalue weighted by Crippen LogP contribution is -2.21. The standard InChI is InChI=1S/C13H21N/c1-10-5-6-11(2)13(9-10)8-7-12(3)14-4/h5-6,9,12,14H,7-8H2,1-4H3. The maximum Gasteiger partial charge on any atom is 0.00388 e. The highest BCUT2D eigenvalue weighted by molar-refractivity contribution is 5.30. The van der Waals surface area contributed by atoms with Crippen molar-refractivity contribution in [3.63, 3.8) is 0 Å². The summed E-state index contributed by atoms with van der Waals surface area (Å²) in [6.45, 7) is 6.58. The first kappa shape index (κ1) is 11.3. The van der Waals surface area contributed by atoms with E-state index in [1.165, 1.54) is 29.5 Å². The SMILES string of the molecule is CNC(C)CCc1cc(C)ccc1C. The molecule has 0 saturated carbocycles. The molecule has 0 aliphatic carbocycles. The maximum absolute atomic E-state index is 3.27. The topological polar surface area (TPSA) is 12.0 Å².